The van der Waals surface area contributed by atoms with E-state index in [-0.39, 0.29) is 0 Å². The molecule has 0 aliphatic rings. The summed E-state index contributed by atoms with van der Waals surface area (Å²) >= 11 is 0. The topological polar surface area (TPSA) is 64.4 Å². The summed E-state index contributed by atoms with van der Waals surface area (Å²) in [5.74, 6) is -0.421. The Bertz CT molecular complexity index is 357. The predicted octanol–water partition coefficient (Wildman–Crippen LogP) is 0.889. The van der Waals surface area contributed by atoms with Crippen molar-refractivity contribution in [1.82, 2.24) is 9.78 Å². The number of carboxylic acid groups (broad SMARTS) is 1. The van der Waals surface area contributed by atoms with Crippen LogP contribution in [0.5, 0.6) is 5.75 Å². The van der Waals surface area contributed by atoms with E-state index in [0.717, 1.165) is 5.69 Å². The molecule has 0 saturated carbocycles. The number of nitrogens with zero attached hydrogens (tertiary/aromatic N) is 2. The van der Waals surface area contributed by atoms with Gasteiger partial charge in [-0.15, -0.1) is 0 Å². The SMILES string of the molecule is Cc1nn(C)c(C)c1OC(C)C(=O)O. The summed E-state index contributed by atoms with van der Waals surface area (Å²) < 4.78 is 6.94. The smallest absolute Gasteiger partial charge is 0.344 e. The highest BCUT2D eigenvalue weighted by Crippen LogP contribution is 2.22. The summed E-state index contributed by atoms with van der Waals surface area (Å²) in [4.78, 5) is 10.6. The molecule has 1 aromatic heterocycles. The number of aromatic nitrogens is 2. The fourth-order valence-corrected chi connectivity index (χ4v) is 1.15. The molecule has 1 rings (SSSR count). The second-order valence-electron chi connectivity index (χ2n) is 3.22. The van der Waals surface area contributed by atoms with Crippen LogP contribution in [0.3, 0.4) is 0 Å². The van der Waals surface area contributed by atoms with Crippen LogP contribution in [0.25, 0.3) is 0 Å². The van der Waals surface area contributed by atoms with E-state index in [0.29, 0.717) is 11.4 Å². The average Bonchev–Trinajstić information content (AvgIpc) is 2.32. The maximum Gasteiger partial charge on any atom is 0.344 e. The maximum absolute atomic E-state index is 10.6. The Labute approximate surface area is 82.3 Å². The van der Waals surface area contributed by atoms with Crippen LogP contribution in [0.15, 0.2) is 0 Å². The van der Waals surface area contributed by atoms with Gasteiger partial charge < -0.3 is 9.84 Å². The fourth-order valence-electron chi connectivity index (χ4n) is 1.15. The monoisotopic (exact) mass is 198 g/mol. The van der Waals surface area contributed by atoms with Gasteiger partial charge in [0, 0.05) is 7.05 Å². The summed E-state index contributed by atoms with van der Waals surface area (Å²) in [6, 6.07) is 0. The standard InChI is InChI=1S/C9H14N2O3/c1-5-8(6(2)11(4)10-5)14-7(3)9(12)13/h7H,1-4H3,(H,12,13). The zero-order valence-electron chi connectivity index (χ0n) is 8.74. The molecule has 14 heavy (non-hydrogen) atoms. The lowest BCUT2D eigenvalue weighted by Gasteiger charge is -2.10. The summed E-state index contributed by atoms with van der Waals surface area (Å²) in [6.45, 7) is 5.12. The summed E-state index contributed by atoms with van der Waals surface area (Å²) in [5.41, 5.74) is 1.54. The van der Waals surface area contributed by atoms with Crippen molar-refractivity contribution in [1.29, 1.82) is 0 Å². The van der Waals surface area contributed by atoms with Crippen LogP contribution >= 0.6 is 0 Å². The van der Waals surface area contributed by atoms with E-state index >= 15 is 0 Å². The number of aliphatic carboxylic acids is 1. The van der Waals surface area contributed by atoms with E-state index in [2.05, 4.69) is 5.10 Å². The molecule has 0 radical (unpaired) electrons. The summed E-state index contributed by atoms with van der Waals surface area (Å²) in [6.07, 6.45) is -0.850. The first-order chi connectivity index (χ1) is 6.43. The molecular weight excluding hydrogens is 184 g/mol. The Hall–Kier alpha value is -1.52. The third-order valence-electron chi connectivity index (χ3n) is 2.09. The molecule has 1 atom stereocenters. The zero-order chi connectivity index (χ0) is 10.9. The van der Waals surface area contributed by atoms with Crippen molar-refractivity contribution in [3.05, 3.63) is 11.4 Å². The molecule has 0 fully saturated rings. The van der Waals surface area contributed by atoms with Crippen molar-refractivity contribution >= 4 is 5.97 Å². The molecule has 0 saturated heterocycles. The number of ether oxygens (including phenoxy) is 1. The van der Waals surface area contributed by atoms with Gasteiger partial charge in [0.1, 0.15) is 5.69 Å². The number of carbonyl (C=O) groups is 1. The fraction of sp³-hybridized carbons (Fsp3) is 0.556. The van der Waals surface area contributed by atoms with Gasteiger partial charge in [0.25, 0.3) is 0 Å². The Kier molecular flexibility index (Phi) is 2.78. The van der Waals surface area contributed by atoms with Gasteiger partial charge in [-0.05, 0) is 20.8 Å². The molecule has 0 amide bonds. The predicted molar refractivity (Wildman–Crippen MR) is 50.4 cm³/mol. The van der Waals surface area contributed by atoms with E-state index in [9.17, 15) is 4.79 Å². The summed E-state index contributed by atoms with van der Waals surface area (Å²) in [5, 5.41) is 12.8. The first kappa shape index (κ1) is 10.6. The molecule has 0 bridgehead atoms. The molecule has 0 aromatic carbocycles. The van der Waals surface area contributed by atoms with Gasteiger partial charge in [0.05, 0.1) is 5.69 Å². The highest BCUT2D eigenvalue weighted by molar-refractivity contribution is 5.72. The van der Waals surface area contributed by atoms with Crippen LogP contribution in [0.4, 0.5) is 0 Å². The van der Waals surface area contributed by atoms with E-state index in [1.54, 1.807) is 18.7 Å². The average molecular weight is 198 g/mol. The Morgan fingerprint density at radius 1 is 1.57 bits per heavy atom. The minimum atomic E-state index is -0.979. The lowest BCUT2D eigenvalue weighted by atomic mass is 10.3. The highest BCUT2D eigenvalue weighted by atomic mass is 16.5. The van der Waals surface area contributed by atoms with Crippen LogP contribution in [0.2, 0.25) is 0 Å². The number of aryl methyl sites for hydroxylation is 2. The Morgan fingerprint density at radius 3 is 2.50 bits per heavy atom. The first-order valence-electron chi connectivity index (χ1n) is 4.33. The van der Waals surface area contributed by atoms with Gasteiger partial charge in [0.2, 0.25) is 0 Å². The molecule has 1 N–H and O–H groups in total. The largest absolute Gasteiger partial charge is 0.479 e. The van der Waals surface area contributed by atoms with E-state index in [4.69, 9.17) is 9.84 Å². The lowest BCUT2D eigenvalue weighted by molar-refractivity contribution is -0.144. The van der Waals surface area contributed by atoms with Gasteiger partial charge >= 0.3 is 5.97 Å². The van der Waals surface area contributed by atoms with Crippen LogP contribution in [0, 0.1) is 13.8 Å². The van der Waals surface area contributed by atoms with Gasteiger partial charge in [-0.2, -0.15) is 5.10 Å². The second-order valence-corrected chi connectivity index (χ2v) is 3.22. The molecule has 0 spiro atoms. The van der Waals surface area contributed by atoms with Crippen molar-refractivity contribution < 1.29 is 14.6 Å². The van der Waals surface area contributed by atoms with Gasteiger partial charge in [-0.3, -0.25) is 4.68 Å². The molecule has 1 aromatic rings. The van der Waals surface area contributed by atoms with Crippen molar-refractivity contribution in [2.24, 2.45) is 7.05 Å². The number of hydrogen-bond acceptors (Lipinski definition) is 3. The van der Waals surface area contributed by atoms with Crippen molar-refractivity contribution in [2.75, 3.05) is 0 Å². The van der Waals surface area contributed by atoms with Gasteiger partial charge in [-0.25, -0.2) is 4.79 Å². The molecular formula is C9H14N2O3. The highest BCUT2D eigenvalue weighted by Gasteiger charge is 2.18. The minimum Gasteiger partial charge on any atom is -0.479 e. The Morgan fingerprint density at radius 2 is 2.14 bits per heavy atom. The quantitative estimate of drug-likeness (QED) is 0.783. The van der Waals surface area contributed by atoms with Crippen LogP contribution < -0.4 is 4.74 Å². The molecule has 78 valence electrons. The minimum absolute atomic E-state index is 0.558. The molecule has 1 heterocycles. The molecule has 5 heteroatoms. The van der Waals surface area contributed by atoms with E-state index < -0.39 is 12.1 Å². The maximum atomic E-state index is 10.6. The van der Waals surface area contributed by atoms with Gasteiger partial charge in [-0.1, -0.05) is 0 Å². The van der Waals surface area contributed by atoms with Gasteiger partial charge in [0.15, 0.2) is 11.9 Å². The molecule has 0 aliphatic heterocycles. The van der Waals surface area contributed by atoms with Crippen molar-refractivity contribution in [3.8, 4) is 5.75 Å². The number of rotatable bonds is 3. The molecule has 0 aliphatic carbocycles. The van der Waals surface area contributed by atoms with Crippen molar-refractivity contribution in [2.45, 2.75) is 26.9 Å². The van der Waals surface area contributed by atoms with Crippen molar-refractivity contribution in [3.63, 3.8) is 0 Å². The van der Waals surface area contributed by atoms with Crippen LogP contribution in [-0.4, -0.2) is 27.0 Å². The van der Waals surface area contributed by atoms with E-state index in [1.165, 1.54) is 6.92 Å². The third kappa shape index (κ3) is 1.86. The Balaban J connectivity index is 2.91. The molecule has 5 nitrogen and oxygen atoms in total. The molecule has 1 unspecified atom stereocenters. The lowest BCUT2D eigenvalue weighted by Crippen LogP contribution is -2.23. The third-order valence-corrected chi connectivity index (χ3v) is 2.09. The number of hydrogen-bond donors (Lipinski definition) is 1. The normalized spacial score (nSPS) is 12.6. The first-order valence-corrected chi connectivity index (χ1v) is 4.33. The second kappa shape index (κ2) is 3.69. The summed E-state index contributed by atoms with van der Waals surface area (Å²) in [7, 11) is 1.79. The van der Waals surface area contributed by atoms with Crippen LogP contribution in [-0.2, 0) is 11.8 Å². The zero-order valence-corrected chi connectivity index (χ0v) is 8.74. The number of carboxylic acids is 1. The van der Waals surface area contributed by atoms with E-state index in [1.807, 2.05) is 6.92 Å². The van der Waals surface area contributed by atoms with Crippen LogP contribution in [0.1, 0.15) is 18.3 Å².